The molecule has 3 rings (SSSR count). The number of nitrogens with zero attached hydrogens (tertiary/aromatic N) is 1. The second kappa shape index (κ2) is 7.01. The molecule has 2 aromatic carbocycles. The van der Waals surface area contributed by atoms with Crippen molar-refractivity contribution >= 4 is 0 Å². The lowest BCUT2D eigenvalue weighted by molar-refractivity contribution is 0.474. The van der Waals surface area contributed by atoms with Gasteiger partial charge in [-0.1, -0.05) is 24.3 Å². The zero-order valence-corrected chi connectivity index (χ0v) is 12.9. The number of H-pyrrole nitrogens is 1. The Morgan fingerprint density at radius 2 is 1.22 bits per heavy atom. The Labute approximate surface area is 135 Å². The van der Waals surface area contributed by atoms with Crippen molar-refractivity contribution < 1.29 is 10.2 Å². The van der Waals surface area contributed by atoms with Crippen molar-refractivity contribution in [1.82, 2.24) is 10.2 Å². The first kappa shape index (κ1) is 15.2. The number of rotatable bonds is 6. The Morgan fingerprint density at radius 1 is 0.696 bits per heavy atom. The van der Waals surface area contributed by atoms with Gasteiger partial charge in [0.25, 0.3) is 0 Å². The average Bonchev–Trinajstić information content (AvgIpc) is 3.02. The SMILES string of the molecule is Oc1ccc(CCc2cc(CCc3ccc(O)cc3)[nH]n2)cc1. The Bertz CT molecular complexity index is 682. The molecule has 3 aromatic rings. The molecule has 3 N–H and O–H groups in total. The van der Waals surface area contributed by atoms with Gasteiger partial charge in [0.15, 0.2) is 0 Å². The molecule has 0 aliphatic carbocycles. The quantitative estimate of drug-likeness (QED) is 0.654. The number of aromatic hydroxyl groups is 2. The maximum Gasteiger partial charge on any atom is 0.115 e. The minimum absolute atomic E-state index is 0.296. The van der Waals surface area contributed by atoms with Crippen LogP contribution in [-0.2, 0) is 25.7 Å². The van der Waals surface area contributed by atoms with Gasteiger partial charge in [0.2, 0.25) is 0 Å². The molecule has 0 atom stereocenters. The summed E-state index contributed by atoms with van der Waals surface area (Å²) >= 11 is 0. The molecule has 118 valence electrons. The van der Waals surface area contributed by atoms with Crippen molar-refractivity contribution in [3.05, 3.63) is 77.1 Å². The van der Waals surface area contributed by atoms with Crippen molar-refractivity contribution in [3.8, 4) is 11.5 Å². The lowest BCUT2D eigenvalue weighted by atomic mass is 10.1. The molecule has 0 fully saturated rings. The minimum Gasteiger partial charge on any atom is -0.508 e. The van der Waals surface area contributed by atoms with E-state index in [1.165, 1.54) is 11.1 Å². The van der Waals surface area contributed by atoms with Crippen LogP contribution >= 0.6 is 0 Å². The number of aromatic amines is 1. The highest BCUT2D eigenvalue weighted by Gasteiger charge is 2.03. The van der Waals surface area contributed by atoms with E-state index in [4.69, 9.17) is 0 Å². The summed E-state index contributed by atoms with van der Waals surface area (Å²) in [6.07, 6.45) is 3.60. The van der Waals surface area contributed by atoms with Crippen LogP contribution in [0.5, 0.6) is 11.5 Å². The van der Waals surface area contributed by atoms with Crippen molar-refractivity contribution in [2.24, 2.45) is 0 Å². The summed E-state index contributed by atoms with van der Waals surface area (Å²) in [7, 11) is 0. The minimum atomic E-state index is 0.296. The molecule has 0 aliphatic heterocycles. The topological polar surface area (TPSA) is 69.1 Å². The predicted octanol–water partition coefficient (Wildman–Crippen LogP) is 3.39. The van der Waals surface area contributed by atoms with Crippen LogP contribution in [0.2, 0.25) is 0 Å². The van der Waals surface area contributed by atoms with Crippen molar-refractivity contribution in [3.63, 3.8) is 0 Å². The first-order valence-electron chi connectivity index (χ1n) is 7.78. The lowest BCUT2D eigenvalue weighted by Gasteiger charge is -2.00. The highest BCUT2D eigenvalue weighted by molar-refractivity contribution is 5.27. The molecule has 0 amide bonds. The number of benzene rings is 2. The maximum absolute atomic E-state index is 9.28. The second-order valence-corrected chi connectivity index (χ2v) is 5.72. The zero-order chi connectivity index (χ0) is 16.1. The number of hydrogen-bond acceptors (Lipinski definition) is 3. The summed E-state index contributed by atoms with van der Waals surface area (Å²) in [5.74, 6) is 0.594. The summed E-state index contributed by atoms with van der Waals surface area (Å²) in [6, 6.07) is 16.7. The number of aryl methyl sites for hydroxylation is 4. The first-order chi connectivity index (χ1) is 11.2. The number of hydrogen-bond donors (Lipinski definition) is 3. The smallest absolute Gasteiger partial charge is 0.115 e. The fraction of sp³-hybridized carbons (Fsp3) is 0.211. The zero-order valence-electron chi connectivity index (χ0n) is 12.9. The van der Waals surface area contributed by atoms with Gasteiger partial charge in [0.05, 0.1) is 5.69 Å². The van der Waals surface area contributed by atoms with Crippen molar-refractivity contribution in [2.75, 3.05) is 0 Å². The molecule has 0 saturated carbocycles. The van der Waals surface area contributed by atoms with Crippen LogP contribution in [0, 0.1) is 0 Å². The first-order valence-corrected chi connectivity index (χ1v) is 7.78. The molecule has 0 spiro atoms. The summed E-state index contributed by atoms with van der Waals surface area (Å²) in [4.78, 5) is 0. The molecule has 1 heterocycles. The normalized spacial score (nSPS) is 10.8. The van der Waals surface area contributed by atoms with Crippen LogP contribution in [0.3, 0.4) is 0 Å². The Kier molecular flexibility index (Phi) is 4.62. The fourth-order valence-electron chi connectivity index (χ4n) is 2.54. The van der Waals surface area contributed by atoms with Crippen molar-refractivity contribution in [2.45, 2.75) is 25.7 Å². The van der Waals surface area contributed by atoms with E-state index in [-0.39, 0.29) is 0 Å². The van der Waals surface area contributed by atoms with Crippen LogP contribution < -0.4 is 0 Å². The van der Waals surface area contributed by atoms with E-state index < -0.39 is 0 Å². The van der Waals surface area contributed by atoms with Crippen molar-refractivity contribution in [1.29, 1.82) is 0 Å². The third kappa shape index (κ3) is 4.36. The molecule has 4 nitrogen and oxygen atoms in total. The van der Waals surface area contributed by atoms with Crippen LogP contribution in [0.4, 0.5) is 0 Å². The third-order valence-electron chi connectivity index (χ3n) is 3.91. The summed E-state index contributed by atoms with van der Waals surface area (Å²) in [5, 5.41) is 26.0. The highest BCUT2D eigenvalue weighted by atomic mass is 16.3. The number of nitrogens with one attached hydrogen (secondary N) is 1. The van der Waals surface area contributed by atoms with Crippen LogP contribution in [0.15, 0.2) is 54.6 Å². The highest BCUT2D eigenvalue weighted by Crippen LogP contribution is 2.14. The van der Waals surface area contributed by atoms with Gasteiger partial charge in [-0.15, -0.1) is 0 Å². The standard InChI is InChI=1S/C19H20N2O2/c22-18-9-3-14(4-10-18)1-7-16-13-17(21-20-16)8-2-15-5-11-19(23)12-6-15/h3-6,9-13,22-23H,1-2,7-8H2,(H,20,21). The monoisotopic (exact) mass is 308 g/mol. The molecule has 1 aromatic heterocycles. The van der Waals surface area contributed by atoms with E-state index in [9.17, 15) is 10.2 Å². The number of phenolic OH excluding ortho intramolecular Hbond substituents is 2. The molecule has 4 heteroatoms. The van der Waals surface area contributed by atoms with Gasteiger partial charge in [-0.25, -0.2) is 0 Å². The molecule has 0 saturated heterocycles. The second-order valence-electron chi connectivity index (χ2n) is 5.72. The summed E-state index contributed by atoms with van der Waals surface area (Å²) < 4.78 is 0. The Balaban J connectivity index is 1.51. The molecule has 0 radical (unpaired) electrons. The van der Waals surface area contributed by atoms with Crippen LogP contribution in [0.1, 0.15) is 22.5 Å². The molecule has 0 bridgehead atoms. The summed E-state index contributed by atoms with van der Waals surface area (Å²) in [6.45, 7) is 0. The lowest BCUT2D eigenvalue weighted by Crippen LogP contribution is -1.91. The Morgan fingerprint density at radius 3 is 1.78 bits per heavy atom. The molecule has 0 aliphatic rings. The van der Waals surface area contributed by atoms with Gasteiger partial charge < -0.3 is 10.2 Å². The van der Waals surface area contributed by atoms with E-state index in [0.717, 1.165) is 37.1 Å². The van der Waals surface area contributed by atoms with E-state index in [1.807, 2.05) is 24.3 Å². The van der Waals surface area contributed by atoms with Gasteiger partial charge >= 0.3 is 0 Å². The molecular weight excluding hydrogens is 288 g/mol. The molecule has 23 heavy (non-hydrogen) atoms. The number of phenols is 2. The fourth-order valence-corrected chi connectivity index (χ4v) is 2.54. The van der Waals surface area contributed by atoms with Gasteiger partial charge in [-0.2, -0.15) is 5.10 Å². The number of aromatic nitrogens is 2. The van der Waals surface area contributed by atoms with Crippen LogP contribution in [0.25, 0.3) is 0 Å². The third-order valence-corrected chi connectivity index (χ3v) is 3.91. The van der Waals surface area contributed by atoms with Gasteiger partial charge in [0, 0.05) is 5.69 Å². The van der Waals surface area contributed by atoms with Gasteiger partial charge in [0.1, 0.15) is 11.5 Å². The molecular formula is C19H20N2O2. The predicted molar refractivity (Wildman–Crippen MR) is 89.6 cm³/mol. The van der Waals surface area contributed by atoms with Gasteiger partial charge in [-0.3, -0.25) is 5.10 Å². The van der Waals surface area contributed by atoms with Crippen LogP contribution in [-0.4, -0.2) is 20.4 Å². The Hall–Kier alpha value is -2.75. The maximum atomic E-state index is 9.28. The van der Waals surface area contributed by atoms with E-state index in [1.54, 1.807) is 24.3 Å². The van der Waals surface area contributed by atoms with E-state index >= 15 is 0 Å². The van der Waals surface area contributed by atoms with E-state index in [2.05, 4.69) is 16.3 Å². The average molecular weight is 308 g/mol. The molecule has 0 unspecified atom stereocenters. The van der Waals surface area contributed by atoms with E-state index in [0.29, 0.717) is 11.5 Å². The largest absolute Gasteiger partial charge is 0.508 e. The summed E-state index contributed by atoms with van der Waals surface area (Å²) in [5.41, 5.74) is 4.57. The van der Waals surface area contributed by atoms with Gasteiger partial charge in [-0.05, 0) is 67.1 Å².